The van der Waals surface area contributed by atoms with E-state index in [-0.39, 0.29) is 5.91 Å². The van der Waals surface area contributed by atoms with Crippen LogP contribution < -0.4 is 16.3 Å². The van der Waals surface area contributed by atoms with Crippen LogP contribution in [0.2, 0.25) is 5.02 Å². The summed E-state index contributed by atoms with van der Waals surface area (Å²) in [5.74, 6) is 7.00. The van der Waals surface area contributed by atoms with E-state index in [0.717, 1.165) is 42.2 Å². The van der Waals surface area contributed by atoms with Crippen LogP contribution in [-0.4, -0.2) is 64.4 Å². The number of pyridine rings is 1. The molecule has 0 saturated carbocycles. The summed E-state index contributed by atoms with van der Waals surface area (Å²) >= 11 is 6.15. The SMILES string of the molecule is CCOc1ccc(CN2CCN(C(=O)/C=C/c3ccc(Cl)cc3CN(N)/N=C(/C)N)CC2)nc1. The highest BCUT2D eigenvalue weighted by Gasteiger charge is 2.20. The maximum absolute atomic E-state index is 12.8. The molecule has 4 N–H and O–H groups in total. The Bertz CT molecular complexity index is 1010. The van der Waals surface area contributed by atoms with Crippen molar-refractivity contribution >= 4 is 29.4 Å². The topological polar surface area (TPSA) is 113 Å². The summed E-state index contributed by atoms with van der Waals surface area (Å²) in [6.07, 6.45) is 5.13. The maximum Gasteiger partial charge on any atom is 0.246 e. The van der Waals surface area contributed by atoms with Gasteiger partial charge in [-0.1, -0.05) is 17.7 Å². The third-order valence-electron chi connectivity index (χ3n) is 5.31. The van der Waals surface area contributed by atoms with Gasteiger partial charge in [0.2, 0.25) is 5.91 Å². The molecule has 3 rings (SSSR count). The number of hydrazine groups is 1. The van der Waals surface area contributed by atoms with Gasteiger partial charge in [-0.25, -0.2) is 11.0 Å². The van der Waals surface area contributed by atoms with E-state index in [1.165, 1.54) is 5.12 Å². The van der Waals surface area contributed by atoms with Crippen LogP contribution >= 0.6 is 11.6 Å². The highest BCUT2D eigenvalue weighted by Crippen LogP contribution is 2.19. The van der Waals surface area contributed by atoms with Crippen LogP contribution in [0, 0.1) is 0 Å². The minimum absolute atomic E-state index is 0.0276. The number of rotatable bonds is 9. The molecular weight excluding hydrogens is 454 g/mol. The van der Waals surface area contributed by atoms with Crippen molar-refractivity contribution in [3.63, 3.8) is 0 Å². The molecule has 0 unspecified atom stereocenters. The molecule has 1 aliphatic rings. The van der Waals surface area contributed by atoms with Crippen molar-refractivity contribution < 1.29 is 9.53 Å². The number of ether oxygens (including phenoxy) is 1. The third kappa shape index (κ3) is 7.72. The monoisotopic (exact) mass is 485 g/mol. The summed E-state index contributed by atoms with van der Waals surface area (Å²) in [7, 11) is 0. The molecular formula is C24H32ClN7O2. The number of hydrogen-bond donors (Lipinski definition) is 2. The number of aromatic nitrogens is 1. The molecule has 1 aromatic heterocycles. The van der Waals surface area contributed by atoms with E-state index in [9.17, 15) is 4.79 Å². The van der Waals surface area contributed by atoms with Gasteiger partial charge in [-0.3, -0.25) is 14.7 Å². The van der Waals surface area contributed by atoms with Gasteiger partial charge in [0.25, 0.3) is 0 Å². The summed E-state index contributed by atoms with van der Waals surface area (Å²) in [4.78, 5) is 21.4. The predicted molar refractivity (Wildman–Crippen MR) is 135 cm³/mol. The number of nitrogens with zero attached hydrogens (tertiary/aromatic N) is 5. The second kappa shape index (κ2) is 12.4. The van der Waals surface area contributed by atoms with Crippen LogP contribution in [0.25, 0.3) is 6.08 Å². The Morgan fingerprint density at radius 1 is 1.26 bits per heavy atom. The molecule has 1 aliphatic heterocycles. The minimum Gasteiger partial charge on any atom is -0.492 e. The summed E-state index contributed by atoms with van der Waals surface area (Å²) in [6.45, 7) is 8.19. The Morgan fingerprint density at radius 2 is 2.03 bits per heavy atom. The number of amides is 1. The van der Waals surface area contributed by atoms with Crippen LogP contribution in [0.5, 0.6) is 5.75 Å². The van der Waals surface area contributed by atoms with E-state index in [2.05, 4.69) is 15.0 Å². The fourth-order valence-electron chi connectivity index (χ4n) is 3.66. The number of carbonyl (C=O) groups excluding carboxylic acids is 1. The van der Waals surface area contributed by atoms with E-state index in [1.807, 2.05) is 30.0 Å². The zero-order chi connectivity index (χ0) is 24.5. The van der Waals surface area contributed by atoms with Gasteiger partial charge in [0.15, 0.2) is 0 Å². The van der Waals surface area contributed by atoms with Crippen LogP contribution in [-0.2, 0) is 17.9 Å². The lowest BCUT2D eigenvalue weighted by atomic mass is 10.1. The fraction of sp³-hybridized carbons (Fsp3) is 0.375. The molecule has 1 aromatic carbocycles. The second-order valence-electron chi connectivity index (χ2n) is 8.04. The second-order valence-corrected chi connectivity index (χ2v) is 8.47. The average molecular weight is 486 g/mol. The average Bonchev–Trinajstić information content (AvgIpc) is 2.80. The van der Waals surface area contributed by atoms with Crippen molar-refractivity contribution in [2.24, 2.45) is 16.7 Å². The number of piperazine rings is 1. The van der Waals surface area contributed by atoms with Gasteiger partial charge >= 0.3 is 0 Å². The number of halogens is 1. The molecule has 34 heavy (non-hydrogen) atoms. The molecule has 2 heterocycles. The van der Waals surface area contributed by atoms with Crippen molar-refractivity contribution in [3.05, 3.63) is 64.4 Å². The lowest BCUT2D eigenvalue weighted by Crippen LogP contribution is -2.47. The smallest absolute Gasteiger partial charge is 0.246 e. The first-order chi connectivity index (χ1) is 16.3. The highest BCUT2D eigenvalue weighted by molar-refractivity contribution is 6.30. The molecule has 1 fully saturated rings. The molecule has 0 atom stereocenters. The molecule has 0 spiro atoms. The van der Waals surface area contributed by atoms with Crippen molar-refractivity contribution in [2.75, 3.05) is 32.8 Å². The van der Waals surface area contributed by atoms with E-state index < -0.39 is 0 Å². The fourth-order valence-corrected chi connectivity index (χ4v) is 3.86. The van der Waals surface area contributed by atoms with E-state index in [0.29, 0.717) is 37.1 Å². The number of hydrazone groups is 1. The molecule has 9 nitrogen and oxygen atoms in total. The van der Waals surface area contributed by atoms with Crippen LogP contribution in [0.1, 0.15) is 30.7 Å². The van der Waals surface area contributed by atoms with Crippen LogP contribution in [0.15, 0.2) is 47.7 Å². The summed E-state index contributed by atoms with van der Waals surface area (Å²) in [5, 5.41) is 5.84. The quantitative estimate of drug-likeness (QED) is 0.184. The largest absolute Gasteiger partial charge is 0.492 e. The van der Waals surface area contributed by atoms with Crippen molar-refractivity contribution in [1.29, 1.82) is 0 Å². The molecule has 10 heteroatoms. The Kier molecular flexibility index (Phi) is 9.26. The normalized spacial score (nSPS) is 15.1. The van der Waals surface area contributed by atoms with E-state index >= 15 is 0 Å². The number of nitrogens with two attached hydrogens (primary N) is 2. The number of amidine groups is 1. The highest BCUT2D eigenvalue weighted by atomic mass is 35.5. The molecule has 0 bridgehead atoms. The molecule has 182 valence electrons. The Morgan fingerprint density at radius 3 is 2.68 bits per heavy atom. The zero-order valence-electron chi connectivity index (χ0n) is 19.7. The summed E-state index contributed by atoms with van der Waals surface area (Å²) in [5.41, 5.74) is 8.27. The Labute approximate surface area is 205 Å². The Balaban J connectivity index is 1.54. The molecule has 1 saturated heterocycles. The first kappa shape index (κ1) is 25.5. The lowest BCUT2D eigenvalue weighted by molar-refractivity contribution is -0.127. The number of carbonyl (C=O) groups is 1. The zero-order valence-corrected chi connectivity index (χ0v) is 20.4. The van der Waals surface area contributed by atoms with Gasteiger partial charge in [0.1, 0.15) is 11.6 Å². The van der Waals surface area contributed by atoms with Crippen molar-refractivity contribution in [3.8, 4) is 5.75 Å². The number of hydrogen-bond acceptors (Lipinski definition) is 7. The van der Waals surface area contributed by atoms with E-state index in [4.69, 9.17) is 27.9 Å². The molecule has 0 radical (unpaired) electrons. The summed E-state index contributed by atoms with van der Waals surface area (Å²) < 4.78 is 5.44. The van der Waals surface area contributed by atoms with Crippen LogP contribution in [0.3, 0.4) is 0 Å². The third-order valence-corrected chi connectivity index (χ3v) is 5.54. The molecule has 2 aromatic rings. The van der Waals surface area contributed by atoms with Crippen molar-refractivity contribution in [2.45, 2.75) is 26.9 Å². The van der Waals surface area contributed by atoms with Gasteiger partial charge in [-0.2, -0.15) is 0 Å². The molecule has 1 amide bonds. The van der Waals surface area contributed by atoms with Gasteiger partial charge < -0.3 is 15.4 Å². The van der Waals surface area contributed by atoms with Gasteiger partial charge in [-0.15, -0.1) is 5.10 Å². The van der Waals surface area contributed by atoms with E-state index in [1.54, 1.807) is 37.4 Å². The van der Waals surface area contributed by atoms with Crippen LogP contribution in [0.4, 0.5) is 0 Å². The molecule has 0 aliphatic carbocycles. The van der Waals surface area contributed by atoms with Crippen molar-refractivity contribution in [1.82, 2.24) is 19.9 Å². The summed E-state index contributed by atoms with van der Waals surface area (Å²) in [6, 6.07) is 9.37. The lowest BCUT2D eigenvalue weighted by Gasteiger charge is -2.34. The first-order valence-electron chi connectivity index (χ1n) is 11.2. The number of benzene rings is 1. The standard InChI is InChI=1S/C24H32ClN7O2/c1-3-34-23-8-7-22(28-15-23)17-30-10-12-31(13-11-30)24(33)9-5-19-4-6-21(25)14-20(19)16-32(27)29-18(2)26/h4-9,14-15H,3,10-13,16-17,27H2,1-2H3,(H2,26,29)/b9-5+. The maximum atomic E-state index is 12.8. The van der Waals surface area contributed by atoms with Gasteiger partial charge in [-0.05, 0) is 55.3 Å². The predicted octanol–water partition coefficient (Wildman–Crippen LogP) is 2.46. The van der Waals surface area contributed by atoms with Gasteiger partial charge in [0, 0.05) is 43.8 Å². The first-order valence-corrected chi connectivity index (χ1v) is 11.6. The Hall–Kier alpha value is -3.14. The minimum atomic E-state index is -0.0276. The van der Waals surface area contributed by atoms with Gasteiger partial charge in [0.05, 0.1) is 25.0 Å².